The SMILES string of the molecule is O=C(NCC(=O)N1CCN(c2cccc(F)c2)CC1)C(=O)C1CCOCC1. The largest absolute Gasteiger partial charge is 0.381 e. The van der Waals surface area contributed by atoms with E-state index in [0.717, 1.165) is 5.69 Å². The third-order valence-electron chi connectivity index (χ3n) is 5.02. The van der Waals surface area contributed by atoms with Gasteiger partial charge < -0.3 is 19.9 Å². The van der Waals surface area contributed by atoms with E-state index < -0.39 is 11.7 Å². The van der Waals surface area contributed by atoms with Crippen LogP contribution in [0.1, 0.15) is 12.8 Å². The number of halogens is 1. The van der Waals surface area contributed by atoms with Crippen LogP contribution in [0.15, 0.2) is 24.3 Å². The third-order valence-corrected chi connectivity index (χ3v) is 5.02. The lowest BCUT2D eigenvalue weighted by Gasteiger charge is -2.36. The molecular formula is C19H24FN3O4. The predicted molar refractivity (Wildman–Crippen MR) is 96.8 cm³/mol. The van der Waals surface area contributed by atoms with Crippen LogP contribution in [0.3, 0.4) is 0 Å². The van der Waals surface area contributed by atoms with E-state index >= 15 is 0 Å². The van der Waals surface area contributed by atoms with E-state index in [1.165, 1.54) is 12.1 Å². The number of Topliss-reactive ketones (excluding diaryl/α,β-unsaturated/α-hetero) is 1. The Bertz CT molecular complexity index is 698. The smallest absolute Gasteiger partial charge is 0.288 e. The minimum atomic E-state index is -0.700. The van der Waals surface area contributed by atoms with Crippen LogP contribution in [0.4, 0.5) is 10.1 Å². The first-order valence-electron chi connectivity index (χ1n) is 9.22. The Hall–Kier alpha value is -2.48. The van der Waals surface area contributed by atoms with Crippen molar-refractivity contribution in [1.29, 1.82) is 0 Å². The molecule has 0 spiro atoms. The van der Waals surface area contributed by atoms with E-state index in [1.54, 1.807) is 11.0 Å². The molecule has 7 nitrogen and oxygen atoms in total. The average molecular weight is 377 g/mol. The van der Waals surface area contributed by atoms with Crippen LogP contribution in [0.5, 0.6) is 0 Å². The first kappa shape index (κ1) is 19.3. The summed E-state index contributed by atoms with van der Waals surface area (Å²) < 4.78 is 18.5. The van der Waals surface area contributed by atoms with Crippen molar-refractivity contribution in [2.45, 2.75) is 12.8 Å². The van der Waals surface area contributed by atoms with E-state index in [-0.39, 0.29) is 24.2 Å². The van der Waals surface area contributed by atoms with E-state index in [1.807, 2.05) is 11.0 Å². The summed E-state index contributed by atoms with van der Waals surface area (Å²) in [6.45, 7) is 2.93. The third kappa shape index (κ3) is 5.03. The van der Waals surface area contributed by atoms with Gasteiger partial charge in [-0.1, -0.05) is 6.07 Å². The van der Waals surface area contributed by atoms with Crippen molar-refractivity contribution in [3.05, 3.63) is 30.1 Å². The highest BCUT2D eigenvalue weighted by atomic mass is 19.1. The predicted octanol–water partition coefficient (Wildman–Crippen LogP) is 0.586. The lowest BCUT2D eigenvalue weighted by Crippen LogP contribution is -2.52. The second-order valence-electron chi connectivity index (χ2n) is 6.78. The van der Waals surface area contributed by atoms with Gasteiger partial charge in [-0.25, -0.2) is 4.39 Å². The number of hydrogen-bond acceptors (Lipinski definition) is 5. The van der Waals surface area contributed by atoms with Gasteiger partial charge in [0.15, 0.2) is 0 Å². The summed E-state index contributed by atoms with van der Waals surface area (Å²) in [6.07, 6.45) is 1.09. The van der Waals surface area contributed by atoms with Crippen molar-refractivity contribution in [1.82, 2.24) is 10.2 Å². The highest BCUT2D eigenvalue weighted by Gasteiger charge is 2.28. The van der Waals surface area contributed by atoms with E-state index in [2.05, 4.69) is 5.32 Å². The number of benzene rings is 1. The number of piperazine rings is 1. The number of amides is 2. The Kier molecular flexibility index (Phi) is 6.39. The lowest BCUT2D eigenvalue weighted by atomic mass is 9.95. The number of hydrogen-bond donors (Lipinski definition) is 1. The van der Waals surface area contributed by atoms with Gasteiger partial charge in [0.1, 0.15) is 5.82 Å². The summed E-state index contributed by atoms with van der Waals surface area (Å²) in [5.74, 6) is -2.00. The maximum Gasteiger partial charge on any atom is 0.288 e. The van der Waals surface area contributed by atoms with Crippen molar-refractivity contribution in [2.75, 3.05) is 50.8 Å². The second kappa shape index (κ2) is 8.94. The normalized spacial score (nSPS) is 18.3. The summed E-state index contributed by atoms with van der Waals surface area (Å²) in [5, 5.41) is 2.44. The fourth-order valence-corrected chi connectivity index (χ4v) is 3.39. The monoisotopic (exact) mass is 377 g/mol. The molecule has 0 aliphatic carbocycles. The van der Waals surface area contributed by atoms with Gasteiger partial charge in [-0.2, -0.15) is 0 Å². The summed E-state index contributed by atoms with van der Waals surface area (Å²) >= 11 is 0. The number of rotatable bonds is 5. The lowest BCUT2D eigenvalue weighted by molar-refractivity contribution is -0.143. The molecule has 27 heavy (non-hydrogen) atoms. The topological polar surface area (TPSA) is 79.0 Å². The molecule has 0 saturated carbocycles. The van der Waals surface area contributed by atoms with Gasteiger partial charge in [0.2, 0.25) is 11.7 Å². The molecule has 2 aliphatic rings. The number of ether oxygens (including phenoxy) is 1. The van der Waals surface area contributed by atoms with Crippen molar-refractivity contribution in [2.24, 2.45) is 5.92 Å². The molecule has 146 valence electrons. The van der Waals surface area contributed by atoms with Crippen molar-refractivity contribution < 1.29 is 23.5 Å². The molecule has 1 N–H and O–H groups in total. The molecule has 8 heteroatoms. The second-order valence-corrected chi connectivity index (χ2v) is 6.78. The zero-order valence-electron chi connectivity index (χ0n) is 15.2. The van der Waals surface area contributed by atoms with E-state index in [0.29, 0.717) is 52.2 Å². The summed E-state index contributed by atoms with van der Waals surface area (Å²) in [6, 6.07) is 6.36. The summed E-state index contributed by atoms with van der Waals surface area (Å²) in [7, 11) is 0. The maximum absolute atomic E-state index is 13.3. The molecule has 2 aliphatic heterocycles. The van der Waals surface area contributed by atoms with Crippen LogP contribution in [0.25, 0.3) is 0 Å². The standard InChI is InChI=1S/C19H24FN3O4/c20-15-2-1-3-16(12-15)22-6-8-23(9-7-22)17(24)13-21-19(26)18(25)14-4-10-27-11-5-14/h1-3,12,14H,4-11,13H2,(H,21,26). The quantitative estimate of drug-likeness (QED) is 0.760. The number of carbonyl (C=O) groups excluding carboxylic acids is 3. The molecule has 2 heterocycles. The molecule has 0 radical (unpaired) electrons. The van der Waals surface area contributed by atoms with Gasteiger partial charge in [0, 0.05) is 51.0 Å². The van der Waals surface area contributed by atoms with Crippen molar-refractivity contribution in [3.8, 4) is 0 Å². The Morgan fingerprint density at radius 2 is 1.81 bits per heavy atom. The minimum absolute atomic E-state index is 0.187. The zero-order valence-corrected chi connectivity index (χ0v) is 15.2. The van der Waals surface area contributed by atoms with Gasteiger partial charge in [0.25, 0.3) is 5.91 Å². The van der Waals surface area contributed by atoms with Crippen LogP contribution >= 0.6 is 0 Å². The highest BCUT2D eigenvalue weighted by molar-refractivity contribution is 6.37. The van der Waals surface area contributed by atoms with Crippen LogP contribution in [-0.2, 0) is 19.1 Å². The van der Waals surface area contributed by atoms with E-state index in [4.69, 9.17) is 4.74 Å². The Morgan fingerprint density at radius 3 is 2.48 bits per heavy atom. The first-order chi connectivity index (χ1) is 13.0. The fourth-order valence-electron chi connectivity index (χ4n) is 3.39. The maximum atomic E-state index is 13.3. The molecule has 1 aromatic rings. The van der Waals surface area contributed by atoms with Crippen molar-refractivity contribution in [3.63, 3.8) is 0 Å². The molecule has 2 saturated heterocycles. The Labute approximate surface area is 157 Å². The van der Waals surface area contributed by atoms with Crippen molar-refractivity contribution >= 4 is 23.3 Å². The van der Waals surface area contributed by atoms with Gasteiger partial charge >= 0.3 is 0 Å². The number of ketones is 1. The molecule has 2 fully saturated rings. The Balaban J connectivity index is 1.42. The highest BCUT2D eigenvalue weighted by Crippen LogP contribution is 2.18. The van der Waals surface area contributed by atoms with Crippen LogP contribution in [-0.4, -0.2) is 68.4 Å². The Morgan fingerprint density at radius 1 is 1.11 bits per heavy atom. The summed E-state index contributed by atoms with van der Waals surface area (Å²) in [5.41, 5.74) is 0.789. The molecule has 0 unspecified atom stereocenters. The molecule has 0 bridgehead atoms. The van der Waals surface area contributed by atoms with Gasteiger partial charge in [-0.05, 0) is 31.0 Å². The van der Waals surface area contributed by atoms with Gasteiger partial charge in [-0.15, -0.1) is 0 Å². The summed E-state index contributed by atoms with van der Waals surface area (Å²) in [4.78, 5) is 40.0. The zero-order chi connectivity index (χ0) is 19.2. The first-order valence-corrected chi connectivity index (χ1v) is 9.22. The van der Waals surface area contributed by atoms with Gasteiger partial charge in [0.05, 0.1) is 6.54 Å². The molecule has 3 rings (SSSR count). The van der Waals surface area contributed by atoms with Crippen LogP contribution < -0.4 is 10.2 Å². The molecule has 2 amide bonds. The minimum Gasteiger partial charge on any atom is -0.381 e. The molecule has 0 atom stereocenters. The average Bonchev–Trinajstić information content (AvgIpc) is 2.72. The van der Waals surface area contributed by atoms with Crippen LogP contribution in [0, 0.1) is 11.7 Å². The number of nitrogens with one attached hydrogen (secondary N) is 1. The molecule has 0 aromatic heterocycles. The van der Waals surface area contributed by atoms with Crippen LogP contribution in [0.2, 0.25) is 0 Å². The number of carbonyl (C=O) groups is 3. The number of anilines is 1. The fraction of sp³-hybridized carbons (Fsp3) is 0.526. The molecule has 1 aromatic carbocycles. The van der Waals surface area contributed by atoms with Gasteiger partial charge in [-0.3, -0.25) is 14.4 Å². The number of nitrogens with zero attached hydrogens (tertiary/aromatic N) is 2. The van der Waals surface area contributed by atoms with E-state index in [9.17, 15) is 18.8 Å². The molecular weight excluding hydrogens is 353 g/mol.